The Morgan fingerprint density at radius 2 is 1.69 bits per heavy atom. The molecule has 202 valence electrons. The molecule has 7 heteroatoms. The van der Waals surface area contributed by atoms with Gasteiger partial charge in [0.1, 0.15) is 0 Å². The molecule has 0 bridgehead atoms. The van der Waals surface area contributed by atoms with Gasteiger partial charge >= 0.3 is 0 Å². The summed E-state index contributed by atoms with van der Waals surface area (Å²) in [6, 6.07) is 17.2. The minimum absolute atomic E-state index is 0.104. The van der Waals surface area contributed by atoms with Crippen molar-refractivity contribution in [2.24, 2.45) is 5.41 Å². The number of piperidine rings is 1. The lowest BCUT2D eigenvalue weighted by Crippen LogP contribution is -2.41. The van der Waals surface area contributed by atoms with Crippen LogP contribution >= 0.6 is 11.6 Å². The molecule has 39 heavy (non-hydrogen) atoms. The Balaban J connectivity index is 1.10. The van der Waals surface area contributed by atoms with Crippen molar-refractivity contribution < 1.29 is 9.59 Å². The molecular formula is C32H35ClN4O2. The molecule has 2 aliphatic heterocycles. The SMILES string of the molecule is O=C(NC1CCc2ccc(C(=O)N3CCCC4(CC3)CCN(c3ccncc3)CC4)cc21)c1ccccc1Cl. The fraction of sp³-hybridized carbons (Fsp3) is 0.406. The van der Waals surface area contributed by atoms with Crippen molar-refractivity contribution in [1.29, 1.82) is 0 Å². The van der Waals surface area contributed by atoms with Crippen LogP contribution in [-0.2, 0) is 6.42 Å². The van der Waals surface area contributed by atoms with E-state index in [4.69, 9.17) is 11.6 Å². The zero-order chi connectivity index (χ0) is 26.8. The Hall–Kier alpha value is -3.38. The van der Waals surface area contributed by atoms with E-state index in [1.54, 1.807) is 12.1 Å². The molecule has 1 unspecified atom stereocenters. The molecule has 1 aromatic heterocycles. The number of pyridine rings is 1. The highest BCUT2D eigenvalue weighted by Crippen LogP contribution is 2.42. The molecule has 1 spiro atoms. The largest absolute Gasteiger partial charge is 0.371 e. The van der Waals surface area contributed by atoms with Gasteiger partial charge in [-0.2, -0.15) is 0 Å². The highest BCUT2D eigenvalue weighted by molar-refractivity contribution is 6.33. The second kappa shape index (κ2) is 11.0. The van der Waals surface area contributed by atoms with Gasteiger partial charge in [0.05, 0.1) is 16.6 Å². The summed E-state index contributed by atoms with van der Waals surface area (Å²) in [6.07, 6.45) is 11.1. The number of fused-ring (bicyclic) bond motifs is 1. The van der Waals surface area contributed by atoms with Crippen LogP contribution in [0.3, 0.4) is 0 Å². The molecule has 0 radical (unpaired) electrons. The van der Waals surface area contributed by atoms with E-state index >= 15 is 0 Å². The first-order valence-corrected chi connectivity index (χ1v) is 14.5. The van der Waals surface area contributed by atoms with Crippen molar-refractivity contribution >= 4 is 29.1 Å². The van der Waals surface area contributed by atoms with Gasteiger partial charge in [-0.05, 0) is 97.9 Å². The fourth-order valence-corrected chi connectivity index (χ4v) is 6.92. The maximum absolute atomic E-state index is 13.7. The summed E-state index contributed by atoms with van der Waals surface area (Å²) < 4.78 is 0. The first kappa shape index (κ1) is 25.9. The summed E-state index contributed by atoms with van der Waals surface area (Å²) in [5.41, 5.74) is 5.03. The Morgan fingerprint density at radius 3 is 2.49 bits per heavy atom. The molecule has 6 rings (SSSR count). The van der Waals surface area contributed by atoms with Crippen molar-refractivity contribution in [3.63, 3.8) is 0 Å². The number of rotatable bonds is 4. The van der Waals surface area contributed by atoms with Crippen LogP contribution in [0.2, 0.25) is 5.02 Å². The van der Waals surface area contributed by atoms with E-state index in [0.717, 1.165) is 63.0 Å². The number of benzene rings is 2. The summed E-state index contributed by atoms with van der Waals surface area (Å²) in [5.74, 6) is -0.0740. The zero-order valence-electron chi connectivity index (χ0n) is 22.2. The Morgan fingerprint density at radius 1 is 0.923 bits per heavy atom. The van der Waals surface area contributed by atoms with Gasteiger partial charge < -0.3 is 15.1 Å². The van der Waals surface area contributed by atoms with E-state index in [9.17, 15) is 9.59 Å². The maximum Gasteiger partial charge on any atom is 0.253 e. The highest BCUT2D eigenvalue weighted by Gasteiger charge is 2.37. The van der Waals surface area contributed by atoms with E-state index in [2.05, 4.69) is 38.3 Å². The normalized spacial score (nSPS) is 20.4. The van der Waals surface area contributed by atoms with Crippen molar-refractivity contribution in [2.75, 3.05) is 31.1 Å². The number of nitrogens with one attached hydrogen (secondary N) is 1. The number of anilines is 1. The van der Waals surface area contributed by atoms with Crippen LogP contribution < -0.4 is 10.2 Å². The molecule has 1 atom stereocenters. The molecule has 3 aliphatic rings. The Kier molecular flexibility index (Phi) is 7.30. The fourth-order valence-electron chi connectivity index (χ4n) is 6.70. The molecular weight excluding hydrogens is 508 g/mol. The summed E-state index contributed by atoms with van der Waals surface area (Å²) in [6.45, 7) is 3.73. The van der Waals surface area contributed by atoms with E-state index in [-0.39, 0.29) is 17.9 Å². The third-order valence-corrected chi connectivity index (χ3v) is 9.41. The van der Waals surface area contributed by atoms with Crippen LogP contribution in [0.5, 0.6) is 0 Å². The first-order valence-electron chi connectivity index (χ1n) is 14.1. The average Bonchev–Trinajstić information content (AvgIpc) is 3.25. The van der Waals surface area contributed by atoms with E-state index < -0.39 is 0 Å². The predicted molar refractivity (Wildman–Crippen MR) is 154 cm³/mol. The molecule has 0 saturated carbocycles. The van der Waals surface area contributed by atoms with Gasteiger partial charge in [-0.15, -0.1) is 0 Å². The second-order valence-electron chi connectivity index (χ2n) is 11.3. The number of aromatic nitrogens is 1. The minimum Gasteiger partial charge on any atom is -0.371 e. The lowest BCUT2D eigenvalue weighted by atomic mass is 9.73. The van der Waals surface area contributed by atoms with E-state index in [1.807, 2.05) is 36.7 Å². The molecule has 2 fully saturated rings. The number of amides is 2. The minimum atomic E-state index is -0.178. The Bertz CT molecular complexity index is 1350. The van der Waals surface area contributed by atoms with Crippen LogP contribution in [0.25, 0.3) is 0 Å². The van der Waals surface area contributed by atoms with Crippen molar-refractivity contribution in [3.05, 3.63) is 94.3 Å². The standard InChI is InChI=1S/C32H35ClN4O2/c33-28-5-2-1-4-26(28)30(38)35-29-9-8-23-6-7-24(22-27(23)29)31(39)37-18-3-12-32(15-21-37)13-19-36(20-14-32)25-10-16-34-17-11-25/h1-2,4-7,10-11,16-17,22,29H,3,8-9,12-15,18-21H2,(H,35,38). The van der Waals surface area contributed by atoms with Crippen LogP contribution in [0.15, 0.2) is 67.0 Å². The molecule has 6 nitrogen and oxygen atoms in total. The predicted octanol–water partition coefficient (Wildman–Crippen LogP) is 6.07. The number of likely N-dealkylation sites (tertiary alicyclic amines) is 1. The summed E-state index contributed by atoms with van der Waals surface area (Å²) in [5, 5.41) is 3.59. The van der Waals surface area contributed by atoms with Gasteiger partial charge in [-0.1, -0.05) is 29.8 Å². The van der Waals surface area contributed by atoms with Crippen molar-refractivity contribution in [2.45, 2.75) is 51.0 Å². The van der Waals surface area contributed by atoms with E-state index in [0.29, 0.717) is 16.0 Å². The molecule has 1 aliphatic carbocycles. The van der Waals surface area contributed by atoms with Crippen LogP contribution in [0.1, 0.15) is 76.4 Å². The van der Waals surface area contributed by atoms with Crippen molar-refractivity contribution in [1.82, 2.24) is 15.2 Å². The van der Waals surface area contributed by atoms with Crippen LogP contribution in [0, 0.1) is 5.41 Å². The number of hydrogen-bond donors (Lipinski definition) is 1. The number of nitrogens with zero attached hydrogens (tertiary/aromatic N) is 3. The maximum atomic E-state index is 13.7. The quantitative estimate of drug-likeness (QED) is 0.435. The van der Waals surface area contributed by atoms with E-state index in [1.165, 1.54) is 30.5 Å². The number of hydrogen-bond acceptors (Lipinski definition) is 4. The second-order valence-corrected chi connectivity index (χ2v) is 11.7. The summed E-state index contributed by atoms with van der Waals surface area (Å²) in [7, 11) is 0. The number of aryl methyl sites for hydroxylation is 1. The summed E-state index contributed by atoms with van der Waals surface area (Å²) >= 11 is 6.24. The van der Waals surface area contributed by atoms with Crippen LogP contribution in [-0.4, -0.2) is 47.9 Å². The lowest BCUT2D eigenvalue weighted by Gasteiger charge is -2.42. The molecule has 2 saturated heterocycles. The Labute approximate surface area is 235 Å². The van der Waals surface area contributed by atoms with Gasteiger partial charge in [0.25, 0.3) is 11.8 Å². The van der Waals surface area contributed by atoms with Gasteiger partial charge in [0, 0.05) is 49.8 Å². The van der Waals surface area contributed by atoms with Gasteiger partial charge in [0.15, 0.2) is 0 Å². The van der Waals surface area contributed by atoms with Gasteiger partial charge in [-0.3, -0.25) is 14.6 Å². The van der Waals surface area contributed by atoms with Crippen molar-refractivity contribution in [3.8, 4) is 0 Å². The lowest BCUT2D eigenvalue weighted by molar-refractivity contribution is 0.0751. The monoisotopic (exact) mass is 542 g/mol. The molecule has 3 heterocycles. The molecule has 2 amide bonds. The smallest absolute Gasteiger partial charge is 0.253 e. The first-order chi connectivity index (χ1) is 19.0. The summed E-state index contributed by atoms with van der Waals surface area (Å²) in [4.78, 5) is 35.2. The molecule has 1 N–H and O–H groups in total. The zero-order valence-corrected chi connectivity index (χ0v) is 23.0. The average molecular weight is 543 g/mol. The number of carbonyl (C=O) groups is 2. The molecule has 3 aromatic rings. The highest BCUT2D eigenvalue weighted by atomic mass is 35.5. The third-order valence-electron chi connectivity index (χ3n) is 9.08. The third kappa shape index (κ3) is 5.40. The molecule has 2 aromatic carbocycles. The van der Waals surface area contributed by atoms with Crippen LogP contribution in [0.4, 0.5) is 5.69 Å². The number of halogens is 1. The topological polar surface area (TPSA) is 65.5 Å². The number of carbonyl (C=O) groups excluding carboxylic acids is 2. The van der Waals surface area contributed by atoms with Gasteiger partial charge in [-0.25, -0.2) is 0 Å². The van der Waals surface area contributed by atoms with Gasteiger partial charge in [0.2, 0.25) is 0 Å².